The fourth-order valence-electron chi connectivity index (χ4n) is 1.61. The first-order valence-electron chi connectivity index (χ1n) is 6.27. The Morgan fingerprint density at radius 2 is 1.90 bits per heavy atom. The topological polar surface area (TPSA) is 93.1 Å². The third-order valence-corrected chi connectivity index (χ3v) is 3.53. The van der Waals surface area contributed by atoms with Gasteiger partial charge in [0.1, 0.15) is 9.84 Å². The molecule has 0 aliphatic rings. The average Bonchev–Trinajstić information content (AvgIpc) is 2.84. The van der Waals surface area contributed by atoms with Crippen molar-refractivity contribution in [1.82, 2.24) is 9.78 Å². The molecule has 1 heterocycles. The lowest BCUT2D eigenvalue weighted by atomic mass is 10.3. The molecule has 1 aromatic heterocycles. The van der Waals surface area contributed by atoms with Crippen LogP contribution in [0.4, 0.5) is 16.3 Å². The molecule has 7 nitrogen and oxygen atoms in total. The molecule has 0 fully saturated rings. The van der Waals surface area contributed by atoms with E-state index in [9.17, 15) is 13.2 Å². The van der Waals surface area contributed by atoms with Crippen LogP contribution in [0.5, 0.6) is 0 Å². The van der Waals surface area contributed by atoms with Crippen LogP contribution in [0, 0.1) is 0 Å². The Morgan fingerprint density at radius 1 is 1.19 bits per heavy atom. The first-order valence-corrected chi connectivity index (χ1v) is 8.33. The molecule has 0 atom stereocenters. The zero-order valence-electron chi connectivity index (χ0n) is 11.5. The van der Waals surface area contributed by atoms with Gasteiger partial charge in [-0.15, -0.1) is 0 Å². The molecule has 0 radical (unpaired) electrons. The van der Waals surface area contributed by atoms with Crippen molar-refractivity contribution in [3.63, 3.8) is 0 Å². The molecule has 21 heavy (non-hydrogen) atoms. The van der Waals surface area contributed by atoms with Crippen LogP contribution in [-0.4, -0.2) is 36.2 Å². The average molecular weight is 308 g/mol. The van der Waals surface area contributed by atoms with Crippen LogP contribution in [-0.2, 0) is 16.4 Å². The second-order valence-electron chi connectivity index (χ2n) is 4.54. The van der Waals surface area contributed by atoms with Gasteiger partial charge in [-0.3, -0.25) is 10.00 Å². The number of carbonyl (C=O) groups is 1. The normalized spacial score (nSPS) is 11.1. The maximum absolute atomic E-state index is 11.7. The summed E-state index contributed by atoms with van der Waals surface area (Å²) in [4.78, 5) is 11.7. The highest BCUT2D eigenvalue weighted by Gasteiger charge is 2.07. The fraction of sp³-hybridized carbons (Fsp3) is 0.231. The molecule has 0 aliphatic carbocycles. The highest BCUT2D eigenvalue weighted by molar-refractivity contribution is 7.90. The van der Waals surface area contributed by atoms with E-state index < -0.39 is 15.9 Å². The second kappa shape index (κ2) is 6.40. The van der Waals surface area contributed by atoms with Crippen molar-refractivity contribution in [1.29, 1.82) is 0 Å². The number of aryl methyl sites for hydroxylation is 1. The SMILES string of the molecule is CS(=O)(=O)CCn1ccc(NC(=O)Nc2ccccc2)n1. The predicted octanol–water partition coefficient (Wildman–Crippen LogP) is 1.57. The molecule has 0 aliphatic heterocycles. The van der Waals surface area contributed by atoms with E-state index in [0.717, 1.165) is 0 Å². The van der Waals surface area contributed by atoms with Crippen LogP contribution in [0.3, 0.4) is 0 Å². The second-order valence-corrected chi connectivity index (χ2v) is 6.80. The number of aromatic nitrogens is 2. The van der Waals surface area contributed by atoms with E-state index >= 15 is 0 Å². The number of hydrogen-bond donors (Lipinski definition) is 2. The minimum atomic E-state index is -3.04. The number of rotatable bonds is 5. The number of nitrogens with one attached hydrogen (secondary N) is 2. The highest BCUT2D eigenvalue weighted by atomic mass is 32.2. The van der Waals surface area contributed by atoms with Gasteiger partial charge >= 0.3 is 6.03 Å². The summed E-state index contributed by atoms with van der Waals surface area (Å²) in [6, 6.07) is 10.2. The van der Waals surface area contributed by atoms with Gasteiger partial charge in [-0.1, -0.05) is 18.2 Å². The van der Waals surface area contributed by atoms with Crippen molar-refractivity contribution in [3.8, 4) is 0 Å². The van der Waals surface area contributed by atoms with Crippen LogP contribution in [0.15, 0.2) is 42.6 Å². The van der Waals surface area contributed by atoms with Crippen LogP contribution in [0.25, 0.3) is 0 Å². The van der Waals surface area contributed by atoms with Crippen molar-refractivity contribution < 1.29 is 13.2 Å². The minimum absolute atomic E-state index is 0.00430. The van der Waals surface area contributed by atoms with Crippen LogP contribution in [0.2, 0.25) is 0 Å². The molecular formula is C13H16N4O3S. The maximum Gasteiger partial charge on any atom is 0.324 e. The molecule has 112 valence electrons. The zero-order chi connectivity index (χ0) is 15.3. The number of amides is 2. The number of sulfone groups is 1. The summed E-state index contributed by atoms with van der Waals surface area (Å²) in [5.74, 6) is 0.363. The molecule has 2 aromatic rings. The number of benzene rings is 1. The van der Waals surface area contributed by atoms with Gasteiger partial charge in [-0.2, -0.15) is 5.10 Å². The van der Waals surface area contributed by atoms with Gasteiger partial charge in [0.05, 0.1) is 12.3 Å². The standard InChI is InChI=1S/C13H16N4O3S/c1-21(19,20)10-9-17-8-7-12(16-17)15-13(18)14-11-5-3-2-4-6-11/h2-8H,9-10H2,1H3,(H2,14,15,16,18). The lowest BCUT2D eigenvalue weighted by Crippen LogP contribution is -2.20. The number of nitrogens with zero attached hydrogens (tertiary/aromatic N) is 2. The monoisotopic (exact) mass is 308 g/mol. The Morgan fingerprint density at radius 3 is 2.57 bits per heavy atom. The Labute approximate surface area is 122 Å². The predicted molar refractivity (Wildman–Crippen MR) is 81.0 cm³/mol. The summed E-state index contributed by atoms with van der Waals surface area (Å²) in [7, 11) is -3.04. The van der Waals surface area contributed by atoms with Crippen LogP contribution in [0.1, 0.15) is 0 Å². The summed E-state index contributed by atoms with van der Waals surface area (Å²) >= 11 is 0. The summed E-state index contributed by atoms with van der Waals surface area (Å²) in [6.07, 6.45) is 2.78. The van der Waals surface area contributed by atoms with Crippen LogP contribution < -0.4 is 10.6 Å². The van der Waals surface area contributed by atoms with Gasteiger partial charge in [0.2, 0.25) is 0 Å². The maximum atomic E-state index is 11.7. The molecule has 0 unspecified atom stereocenters. The number of urea groups is 1. The summed E-state index contributed by atoms with van der Waals surface area (Å²) < 4.78 is 23.6. The van der Waals surface area contributed by atoms with E-state index in [1.54, 1.807) is 24.4 Å². The van der Waals surface area contributed by atoms with Crippen molar-refractivity contribution >= 4 is 27.4 Å². The first-order chi connectivity index (χ1) is 9.92. The molecule has 8 heteroatoms. The summed E-state index contributed by atoms with van der Waals surface area (Å²) in [5.41, 5.74) is 0.673. The largest absolute Gasteiger partial charge is 0.324 e. The van der Waals surface area contributed by atoms with E-state index in [4.69, 9.17) is 0 Å². The van der Waals surface area contributed by atoms with Crippen LogP contribution >= 0.6 is 0 Å². The van der Waals surface area contributed by atoms with E-state index in [-0.39, 0.29) is 12.3 Å². The number of hydrogen-bond acceptors (Lipinski definition) is 4. The van der Waals surface area contributed by atoms with Gasteiger partial charge in [0.25, 0.3) is 0 Å². The number of anilines is 2. The number of para-hydroxylation sites is 1. The third kappa shape index (κ3) is 5.27. The summed E-state index contributed by atoms with van der Waals surface area (Å²) in [5, 5.41) is 9.31. The van der Waals surface area contributed by atoms with Crippen molar-refractivity contribution in [3.05, 3.63) is 42.6 Å². The quantitative estimate of drug-likeness (QED) is 0.877. The number of carbonyl (C=O) groups excluding carboxylic acids is 1. The molecule has 0 saturated heterocycles. The van der Waals surface area contributed by atoms with Crippen molar-refractivity contribution in [2.24, 2.45) is 0 Å². The molecule has 0 bridgehead atoms. The molecular weight excluding hydrogens is 292 g/mol. The Balaban J connectivity index is 1.89. The van der Waals surface area contributed by atoms with E-state index in [1.807, 2.05) is 18.2 Å². The smallest absolute Gasteiger partial charge is 0.308 e. The highest BCUT2D eigenvalue weighted by Crippen LogP contribution is 2.07. The van der Waals surface area contributed by atoms with E-state index in [1.165, 1.54) is 10.9 Å². The Bertz CT molecular complexity index is 710. The fourth-order valence-corrected chi connectivity index (χ4v) is 2.13. The molecule has 1 aromatic carbocycles. The minimum Gasteiger partial charge on any atom is -0.308 e. The molecule has 0 saturated carbocycles. The lowest BCUT2D eigenvalue weighted by molar-refractivity contribution is 0.262. The van der Waals surface area contributed by atoms with Gasteiger partial charge in [0.15, 0.2) is 5.82 Å². The van der Waals surface area contributed by atoms with Gasteiger partial charge in [-0.25, -0.2) is 13.2 Å². The Kier molecular flexibility index (Phi) is 4.59. The van der Waals surface area contributed by atoms with Crippen molar-refractivity contribution in [2.75, 3.05) is 22.6 Å². The van der Waals surface area contributed by atoms with Crippen molar-refractivity contribution in [2.45, 2.75) is 6.54 Å². The Hall–Kier alpha value is -2.35. The molecule has 2 amide bonds. The van der Waals surface area contributed by atoms with Gasteiger partial charge in [-0.05, 0) is 12.1 Å². The van der Waals surface area contributed by atoms with E-state index in [2.05, 4.69) is 15.7 Å². The van der Waals surface area contributed by atoms with E-state index in [0.29, 0.717) is 11.5 Å². The molecule has 0 spiro atoms. The summed E-state index contributed by atoms with van der Waals surface area (Å²) in [6.45, 7) is 0.251. The van der Waals surface area contributed by atoms with Gasteiger partial charge < -0.3 is 5.32 Å². The molecule has 2 N–H and O–H groups in total. The lowest BCUT2D eigenvalue weighted by Gasteiger charge is -2.05. The van der Waals surface area contributed by atoms with Gasteiger partial charge in [0, 0.05) is 24.2 Å². The molecule has 2 rings (SSSR count). The zero-order valence-corrected chi connectivity index (χ0v) is 12.3. The first kappa shape index (κ1) is 15.0. The third-order valence-electron chi connectivity index (χ3n) is 2.61.